The standard InChI is InChI=1S/C23H18N4O3/c28-21-19-12-5-4-11-18(19)20(26-27-21)14-15-7-6-10-17(13-15)25-23(30)22(29)24-16-8-2-1-3-9-16/h1-13H,14H2,(H,24,29)(H,25,30)(H,27,28). The maximum atomic E-state index is 12.2. The SMILES string of the molecule is O=C(Nc1ccccc1)C(=O)Nc1cccc(Cc2n[nH]c(=O)c3ccccc23)c1. The number of nitrogens with zero attached hydrogens (tertiary/aromatic N) is 1. The van der Waals surface area contributed by atoms with Crippen LogP contribution >= 0.6 is 0 Å². The Labute approximate surface area is 171 Å². The molecule has 7 nitrogen and oxygen atoms in total. The summed E-state index contributed by atoms with van der Waals surface area (Å²) in [4.78, 5) is 36.3. The maximum absolute atomic E-state index is 12.2. The Kier molecular flexibility index (Phi) is 5.34. The quantitative estimate of drug-likeness (QED) is 0.460. The minimum Gasteiger partial charge on any atom is -0.318 e. The summed E-state index contributed by atoms with van der Waals surface area (Å²) in [6.45, 7) is 0. The number of hydrogen-bond acceptors (Lipinski definition) is 4. The normalized spacial score (nSPS) is 10.5. The van der Waals surface area contributed by atoms with E-state index in [0.717, 1.165) is 16.6 Å². The van der Waals surface area contributed by atoms with Crippen LogP contribution < -0.4 is 16.2 Å². The van der Waals surface area contributed by atoms with Gasteiger partial charge in [0.05, 0.1) is 11.1 Å². The molecule has 3 aromatic carbocycles. The van der Waals surface area contributed by atoms with Gasteiger partial charge < -0.3 is 10.6 Å². The maximum Gasteiger partial charge on any atom is 0.314 e. The fraction of sp³-hybridized carbons (Fsp3) is 0.0435. The molecule has 0 bridgehead atoms. The lowest BCUT2D eigenvalue weighted by Gasteiger charge is -2.09. The number of hydrogen-bond donors (Lipinski definition) is 3. The Hall–Kier alpha value is -4.26. The number of aromatic amines is 1. The molecule has 1 aromatic heterocycles. The summed E-state index contributed by atoms with van der Waals surface area (Å²) < 4.78 is 0. The van der Waals surface area contributed by atoms with Gasteiger partial charge in [-0.15, -0.1) is 0 Å². The molecule has 3 N–H and O–H groups in total. The number of para-hydroxylation sites is 1. The summed E-state index contributed by atoms with van der Waals surface area (Å²) in [6.07, 6.45) is 0.456. The molecule has 0 aliphatic carbocycles. The van der Waals surface area contributed by atoms with E-state index in [1.54, 1.807) is 54.6 Å². The first-order valence-electron chi connectivity index (χ1n) is 9.33. The molecule has 2 amide bonds. The summed E-state index contributed by atoms with van der Waals surface area (Å²) >= 11 is 0. The Morgan fingerprint density at radius 3 is 2.17 bits per heavy atom. The van der Waals surface area contributed by atoms with Crippen molar-refractivity contribution in [3.63, 3.8) is 0 Å². The van der Waals surface area contributed by atoms with E-state index in [1.165, 1.54) is 0 Å². The van der Waals surface area contributed by atoms with E-state index in [0.29, 0.717) is 23.2 Å². The highest BCUT2D eigenvalue weighted by Gasteiger charge is 2.14. The number of fused-ring (bicyclic) bond motifs is 1. The van der Waals surface area contributed by atoms with E-state index < -0.39 is 11.8 Å². The van der Waals surface area contributed by atoms with Gasteiger partial charge in [-0.3, -0.25) is 14.4 Å². The summed E-state index contributed by atoms with van der Waals surface area (Å²) in [5.41, 5.74) is 2.40. The van der Waals surface area contributed by atoms with Crippen molar-refractivity contribution < 1.29 is 9.59 Å². The van der Waals surface area contributed by atoms with E-state index in [1.807, 2.05) is 24.3 Å². The second kappa shape index (κ2) is 8.40. The lowest BCUT2D eigenvalue weighted by Crippen LogP contribution is -2.29. The summed E-state index contributed by atoms with van der Waals surface area (Å²) in [5.74, 6) is -1.51. The number of aromatic nitrogens is 2. The number of amides is 2. The molecular weight excluding hydrogens is 380 g/mol. The second-order valence-corrected chi connectivity index (χ2v) is 6.70. The van der Waals surface area contributed by atoms with Gasteiger partial charge in [-0.2, -0.15) is 5.10 Å². The van der Waals surface area contributed by atoms with Crippen LogP contribution in [0.25, 0.3) is 10.8 Å². The number of rotatable bonds is 4. The van der Waals surface area contributed by atoms with Gasteiger partial charge in [-0.1, -0.05) is 48.5 Å². The van der Waals surface area contributed by atoms with E-state index in [4.69, 9.17) is 0 Å². The van der Waals surface area contributed by atoms with Crippen LogP contribution in [0.3, 0.4) is 0 Å². The minimum atomic E-state index is -0.761. The molecule has 0 unspecified atom stereocenters. The zero-order valence-electron chi connectivity index (χ0n) is 15.9. The molecule has 4 rings (SSSR count). The van der Waals surface area contributed by atoms with E-state index in [-0.39, 0.29) is 5.56 Å². The Morgan fingerprint density at radius 1 is 0.767 bits per heavy atom. The smallest absolute Gasteiger partial charge is 0.314 e. The molecule has 0 atom stereocenters. The van der Waals surface area contributed by atoms with E-state index in [2.05, 4.69) is 20.8 Å². The van der Waals surface area contributed by atoms with Gasteiger partial charge in [0, 0.05) is 23.2 Å². The van der Waals surface area contributed by atoms with Crippen molar-refractivity contribution in [3.05, 3.63) is 100 Å². The highest BCUT2D eigenvalue weighted by molar-refractivity contribution is 6.43. The molecule has 0 aliphatic rings. The largest absolute Gasteiger partial charge is 0.318 e. The molecule has 148 valence electrons. The molecule has 1 heterocycles. The van der Waals surface area contributed by atoms with Gasteiger partial charge in [0.1, 0.15) is 0 Å². The number of H-pyrrole nitrogens is 1. The number of benzene rings is 3. The van der Waals surface area contributed by atoms with Crippen molar-refractivity contribution in [1.29, 1.82) is 0 Å². The molecule has 0 radical (unpaired) electrons. The minimum absolute atomic E-state index is 0.236. The summed E-state index contributed by atoms with van der Waals surface area (Å²) in [5, 5.41) is 13.2. The van der Waals surface area contributed by atoms with Crippen molar-refractivity contribution in [1.82, 2.24) is 10.2 Å². The molecule has 0 saturated carbocycles. The molecule has 0 fully saturated rings. The van der Waals surface area contributed by atoms with Crippen molar-refractivity contribution in [3.8, 4) is 0 Å². The lowest BCUT2D eigenvalue weighted by atomic mass is 10.0. The van der Waals surface area contributed by atoms with Crippen molar-refractivity contribution in [2.75, 3.05) is 10.6 Å². The van der Waals surface area contributed by atoms with Crippen molar-refractivity contribution >= 4 is 34.0 Å². The molecular formula is C23H18N4O3. The first-order chi connectivity index (χ1) is 14.6. The van der Waals surface area contributed by atoms with E-state index in [9.17, 15) is 14.4 Å². The molecule has 0 spiro atoms. The van der Waals surface area contributed by atoms with Gasteiger partial charge in [-0.25, -0.2) is 5.10 Å². The predicted molar refractivity (Wildman–Crippen MR) is 115 cm³/mol. The van der Waals surface area contributed by atoms with Crippen molar-refractivity contribution in [2.45, 2.75) is 6.42 Å². The Morgan fingerprint density at radius 2 is 1.40 bits per heavy atom. The zero-order chi connectivity index (χ0) is 20.9. The predicted octanol–water partition coefficient (Wildman–Crippen LogP) is 3.09. The van der Waals surface area contributed by atoms with Gasteiger partial charge in [0.15, 0.2) is 0 Å². The number of nitrogens with one attached hydrogen (secondary N) is 3. The van der Waals surface area contributed by atoms with Crippen molar-refractivity contribution in [2.24, 2.45) is 0 Å². The summed E-state index contributed by atoms with van der Waals surface area (Å²) in [6, 6.07) is 23.2. The average molecular weight is 398 g/mol. The first kappa shape index (κ1) is 19.1. The van der Waals surface area contributed by atoms with Crippen LogP contribution in [-0.2, 0) is 16.0 Å². The first-order valence-corrected chi connectivity index (χ1v) is 9.33. The Balaban J connectivity index is 1.49. The molecule has 7 heteroatoms. The molecule has 0 saturated heterocycles. The second-order valence-electron chi connectivity index (χ2n) is 6.70. The number of carbonyl (C=O) groups excluding carboxylic acids is 2. The van der Waals surface area contributed by atoms with Crippen LogP contribution in [0.5, 0.6) is 0 Å². The monoisotopic (exact) mass is 398 g/mol. The third kappa shape index (κ3) is 4.25. The van der Waals surface area contributed by atoms with E-state index >= 15 is 0 Å². The number of anilines is 2. The highest BCUT2D eigenvalue weighted by Crippen LogP contribution is 2.18. The van der Waals surface area contributed by atoms with Gasteiger partial charge >= 0.3 is 11.8 Å². The highest BCUT2D eigenvalue weighted by atomic mass is 16.2. The lowest BCUT2D eigenvalue weighted by molar-refractivity contribution is -0.132. The van der Waals surface area contributed by atoms with Gasteiger partial charge in [-0.05, 0) is 35.9 Å². The van der Waals surface area contributed by atoms with Crippen LogP contribution in [0.4, 0.5) is 11.4 Å². The Bertz CT molecular complexity index is 1280. The average Bonchev–Trinajstić information content (AvgIpc) is 2.77. The molecule has 30 heavy (non-hydrogen) atoms. The topological polar surface area (TPSA) is 104 Å². The van der Waals surface area contributed by atoms with Gasteiger partial charge in [0.25, 0.3) is 5.56 Å². The summed E-state index contributed by atoms with van der Waals surface area (Å²) in [7, 11) is 0. The van der Waals surface area contributed by atoms with Gasteiger partial charge in [0.2, 0.25) is 0 Å². The van der Waals surface area contributed by atoms with Crippen LogP contribution in [0.15, 0.2) is 83.7 Å². The fourth-order valence-corrected chi connectivity index (χ4v) is 3.16. The fourth-order valence-electron chi connectivity index (χ4n) is 3.16. The zero-order valence-corrected chi connectivity index (χ0v) is 15.9. The molecule has 0 aliphatic heterocycles. The third-order valence-corrected chi connectivity index (χ3v) is 4.57. The third-order valence-electron chi connectivity index (χ3n) is 4.57. The molecule has 4 aromatic rings. The van der Waals surface area contributed by atoms with Crippen LogP contribution in [0.1, 0.15) is 11.3 Å². The van der Waals surface area contributed by atoms with Crippen LogP contribution in [0.2, 0.25) is 0 Å². The van der Waals surface area contributed by atoms with Crippen LogP contribution in [-0.4, -0.2) is 22.0 Å². The number of carbonyl (C=O) groups is 2. The van der Waals surface area contributed by atoms with Crippen LogP contribution in [0, 0.1) is 0 Å².